The first-order valence-corrected chi connectivity index (χ1v) is 6.67. The van der Waals surface area contributed by atoms with E-state index in [-0.39, 0.29) is 0 Å². The molecular formula is C12H18N2S. The van der Waals surface area contributed by atoms with Gasteiger partial charge in [0.1, 0.15) is 0 Å². The van der Waals surface area contributed by atoms with Crippen LogP contribution in [0.1, 0.15) is 49.1 Å². The molecule has 0 amide bonds. The minimum atomic E-state index is 0.408. The second-order valence-electron chi connectivity index (χ2n) is 5.52. The molecule has 1 heterocycles. The topological polar surface area (TPSA) is 38.9 Å². The van der Waals surface area contributed by atoms with Gasteiger partial charge in [0.25, 0.3) is 0 Å². The van der Waals surface area contributed by atoms with E-state index in [4.69, 9.17) is 5.73 Å². The number of thiazole rings is 1. The SMILES string of the molecule is CC1(C)C(CN)C1c1scnc1C1CC1. The summed E-state index contributed by atoms with van der Waals surface area (Å²) in [5.41, 5.74) is 9.66. The van der Waals surface area contributed by atoms with Gasteiger partial charge in [0.05, 0.1) is 11.2 Å². The number of nitrogens with two attached hydrogens (primary N) is 1. The zero-order valence-corrected chi connectivity index (χ0v) is 10.2. The standard InChI is InChI=1S/C12H18N2S/c1-12(2)8(5-13)9(12)11-10(7-3-4-7)14-6-15-11/h6-9H,3-5,13H2,1-2H3. The first-order valence-electron chi connectivity index (χ1n) is 5.79. The second-order valence-corrected chi connectivity index (χ2v) is 6.40. The third-order valence-electron chi connectivity index (χ3n) is 4.17. The number of rotatable bonds is 3. The molecule has 1 aromatic heterocycles. The zero-order valence-electron chi connectivity index (χ0n) is 9.36. The summed E-state index contributed by atoms with van der Waals surface area (Å²) < 4.78 is 0. The molecule has 2 aliphatic carbocycles. The predicted octanol–water partition coefficient (Wildman–Crippen LogP) is 2.72. The van der Waals surface area contributed by atoms with Crippen molar-refractivity contribution in [3.05, 3.63) is 16.1 Å². The quantitative estimate of drug-likeness (QED) is 0.854. The molecule has 82 valence electrons. The lowest BCUT2D eigenvalue weighted by atomic mass is 10.1. The number of hydrogen-bond donors (Lipinski definition) is 1. The van der Waals surface area contributed by atoms with Crippen molar-refractivity contribution in [1.29, 1.82) is 0 Å². The smallest absolute Gasteiger partial charge is 0.0797 e. The van der Waals surface area contributed by atoms with Crippen molar-refractivity contribution in [2.75, 3.05) is 6.54 Å². The molecule has 2 N–H and O–H groups in total. The third kappa shape index (κ3) is 1.36. The summed E-state index contributed by atoms with van der Waals surface area (Å²) in [6.07, 6.45) is 2.69. The Morgan fingerprint density at radius 1 is 1.53 bits per heavy atom. The van der Waals surface area contributed by atoms with Gasteiger partial charge >= 0.3 is 0 Å². The molecule has 2 saturated carbocycles. The van der Waals surface area contributed by atoms with E-state index in [2.05, 4.69) is 18.8 Å². The van der Waals surface area contributed by atoms with Gasteiger partial charge in [0, 0.05) is 16.7 Å². The zero-order chi connectivity index (χ0) is 10.6. The number of aromatic nitrogens is 1. The Morgan fingerprint density at radius 2 is 2.27 bits per heavy atom. The Balaban J connectivity index is 1.90. The predicted molar refractivity (Wildman–Crippen MR) is 63.2 cm³/mol. The highest BCUT2D eigenvalue weighted by atomic mass is 32.1. The van der Waals surface area contributed by atoms with Crippen molar-refractivity contribution in [2.24, 2.45) is 17.1 Å². The monoisotopic (exact) mass is 222 g/mol. The van der Waals surface area contributed by atoms with E-state index < -0.39 is 0 Å². The molecule has 1 aromatic rings. The number of nitrogens with zero attached hydrogens (tertiary/aromatic N) is 1. The minimum Gasteiger partial charge on any atom is -0.330 e. The lowest BCUT2D eigenvalue weighted by molar-refractivity contribution is 0.559. The molecule has 0 radical (unpaired) electrons. The van der Waals surface area contributed by atoms with Gasteiger partial charge in [-0.15, -0.1) is 11.3 Å². The van der Waals surface area contributed by atoms with Crippen LogP contribution in [-0.2, 0) is 0 Å². The number of hydrogen-bond acceptors (Lipinski definition) is 3. The van der Waals surface area contributed by atoms with Crippen LogP contribution in [-0.4, -0.2) is 11.5 Å². The van der Waals surface area contributed by atoms with Crippen molar-refractivity contribution in [1.82, 2.24) is 4.98 Å². The van der Waals surface area contributed by atoms with Gasteiger partial charge < -0.3 is 5.73 Å². The Kier molecular flexibility index (Phi) is 1.99. The largest absolute Gasteiger partial charge is 0.330 e. The Morgan fingerprint density at radius 3 is 2.80 bits per heavy atom. The van der Waals surface area contributed by atoms with Crippen LogP contribution >= 0.6 is 11.3 Å². The van der Waals surface area contributed by atoms with Crippen molar-refractivity contribution in [2.45, 2.75) is 38.5 Å². The van der Waals surface area contributed by atoms with E-state index in [9.17, 15) is 0 Å². The summed E-state index contributed by atoms with van der Waals surface area (Å²) in [6.45, 7) is 5.50. The molecule has 2 atom stereocenters. The summed E-state index contributed by atoms with van der Waals surface area (Å²) in [6, 6.07) is 0. The van der Waals surface area contributed by atoms with Crippen LogP contribution < -0.4 is 5.73 Å². The van der Waals surface area contributed by atoms with E-state index >= 15 is 0 Å². The first-order chi connectivity index (χ1) is 7.16. The van der Waals surface area contributed by atoms with Crippen molar-refractivity contribution < 1.29 is 0 Å². The van der Waals surface area contributed by atoms with Gasteiger partial charge in [0.15, 0.2) is 0 Å². The van der Waals surface area contributed by atoms with Crippen LogP contribution in [0.15, 0.2) is 5.51 Å². The molecular weight excluding hydrogens is 204 g/mol. The first kappa shape index (κ1) is 9.79. The van der Waals surface area contributed by atoms with Gasteiger partial charge in [-0.25, -0.2) is 4.98 Å². The Labute approximate surface area is 94.9 Å². The molecule has 0 bridgehead atoms. The van der Waals surface area contributed by atoms with Gasteiger partial charge in [-0.2, -0.15) is 0 Å². The van der Waals surface area contributed by atoms with E-state index in [1.165, 1.54) is 23.4 Å². The average molecular weight is 222 g/mol. The highest BCUT2D eigenvalue weighted by molar-refractivity contribution is 7.09. The van der Waals surface area contributed by atoms with Gasteiger partial charge in [0.2, 0.25) is 0 Å². The summed E-state index contributed by atoms with van der Waals surface area (Å²) >= 11 is 1.84. The van der Waals surface area contributed by atoms with E-state index in [0.717, 1.165) is 12.5 Å². The highest BCUT2D eigenvalue weighted by Gasteiger charge is 2.59. The lowest BCUT2D eigenvalue weighted by Crippen LogP contribution is -2.05. The summed E-state index contributed by atoms with van der Waals surface area (Å²) in [4.78, 5) is 6.09. The molecule has 0 aliphatic heterocycles. The van der Waals surface area contributed by atoms with Gasteiger partial charge in [-0.3, -0.25) is 0 Å². The van der Waals surface area contributed by atoms with E-state index in [1.54, 1.807) is 0 Å². The average Bonchev–Trinajstić information content (AvgIpc) is 3.06. The summed E-state index contributed by atoms with van der Waals surface area (Å²) in [7, 11) is 0. The molecule has 0 aromatic carbocycles. The molecule has 15 heavy (non-hydrogen) atoms. The van der Waals surface area contributed by atoms with E-state index in [1.807, 2.05) is 16.8 Å². The maximum Gasteiger partial charge on any atom is 0.0797 e. The summed E-state index contributed by atoms with van der Waals surface area (Å²) in [5, 5.41) is 0. The molecule has 2 nitrogen and oxygen atoms in total. The highest BCUT2D eigenvalue weighted by Crippen LogP contribution is 2.66. The fourth-order valence-electron chi connectivity index (χ4n) is 2.86. The normalized spacial score (nSPS) is 33.0. The maximum absolute atomic E-state index is 5.83. The van der Waals surface area contributed by atoms with Gasteiger partial charge in [-0.05, 0) is 30.7 Å². The fraction of sp³-hybridized carbons (Fsp3) is 0.750. The minimum absolute atomic E-state index is 0.408. The fourth-order valence-corrected chi connectivity index (χ4v) is 4.10. The van der Waals surface area contributed by atoms with Crippen LogP contribution in [0.4, 0.5) is 0 Å². The molecule has 3 heteroatoms. The summed E-state index contributed by atoms with van der Waals surface area (Å²) in [5.74, 6) is 2.14. The molecule has 2 fully saturated rings. The molecule has 3 rings (SSSR count). The van der Waals surface area contributed by atoms with Gasteiger partial charge in [-0.1, -0.05) is 13.8 Å². The molecule has 2 aliphatic rings. The van der Waals surface area contributed by atoms with Crippen LogP contribution in [0.3, 0.4) is 0 Å². The van der Waals surface area contributed by atoms with Crippen LogP contribution in [0, 0.1) is 11.3 Å². The van der Waals surface area contributed by atoms with Crippen LogP contribution in [0.25, 0.3) is 0 Å². The maximum atomic E-state index is 5.83. The molecule has 0 spiro atoms. The Bertz CT molecular complexity index is 379. The lowest BCUT2D eigenvalue weighted by Gasteiger charge is -2.02. The van der Waals surface area contributed by atoms with E-state index in [0.29, 0.717) is 17.3 Å². The second kappa shape index (κ2) is 3.05. The molecule has 0 saturated heterocycles. The van der Waals surface area contributed by atoms with Crippen molar-refractivity contribution in [3.8, 4) is 0 Å². The van der Waals surface area contributed by atoms with Crippen molar-refractivity contribution >= 4 is 11.3 Å². The third-order valence-corrected chi connectivity index (χ3v) is 5.10. The van der Waals surface area contributed by atoms with Crippen LogP contribution in [0.5, 0.6) is 0 Å². The van der Waals surface area contributed by atoms with Crippen molar-refractivity contribution in [3.63, 3.8) is 0 Å². The van der Waals surface area contributed by atoms with Crippen LogP contribution in [0.2, 0.25) is 0 Å². The Hall–Kier alpha value is -0.410. The molecule has 2 unspecified atom stereocenters.